The number of aromatic amines is 1. The largest absolute Gasteiger partial charge is 0.348 e. The molecule has 1 amide bonds. The summed E-state index contributed by atoms with van der Waals surface area (Å²) in [6, 6.07) is 7.82. The Balaban J connectivity index is 0.00000110. The Bertz CT molecular complexity index is 548. The molecule has 2 aromatic rings. The van der Waals surface area contributed by atoms with Crippen LogP contribution in [0.3, 0.4) is 0 Å². The van der Waals surface area contributed by atoms with Gasteiger partial charge in [-0.2, -0.15) is 0 Å². The highest BCUT2D eigenvalue weighted by molar-refractivity contribution is 5.85. The lowest BCUT2D eigenvalue weighted by Crippen LogP contribution is -2.46. The summed E-state index contributed by atoms with van der Waals surface area (Å²) in [6.45, 7) is 1.38. The van der Waals surface area contributed by atoms with Crippen LogP contribution in [0.25, 0.3) is 11.0 Å². The van der Waals surface area contributed by atoms with Crippen LogP contribution in [0.1, 0.15) is 25.1 Å². The van der Waals surface area contributed by atoms with Gasteiger partial charge in [0.2, 0.25) is 5.91 Å². The molecular formula is C14H20Cl2N4O. The number of aromatic nitrogens is 2. The lowest BCUT2D eigenvalue weighted by molar-refractivity contribution is -0.123. The van der Waals surface area contributed by atoms with E-state index in [4.69, 9.17) is 0 Å². The van der Waals surface area contributed by atoms with Crippen LogP contribution in [-0.4, -0.2) is 28.5 Å². The molecule has 0 saturated carbocycles. The molecule has 116 valence electrons. The van der Waals surface area contributed by atoms with Gasteiger partial charge >= 0.3 is 0 Å². The fourth-order valence-corrected chi connectivity index (χ4v) is 2.46. The summed E-state index contributed by atoms with van der Waals surface area (Å²) in [7, 11) is 0. The van der Waals surface area contributed by atoms with Gasteiger partial charge < -0.3 is 15.6 Å². The van der Waals surface area contributed by atoms with Gasteiger partial charge in [-0.15, -0.1) is 24.8 Å². The van der Waals surface area contributed by atoms with Gasteiger partial charge in [0.1, 0.15) is 5.82 Å². The molecule has 5 nitrogen and oxygen atoms in total. The zero-order valence-electron chi connectivity index (χ0n) is 11.6. The molecule has 21 heavy (non-hydrogen) atoms. The number of fused-ring (bicyclic) bond motifs is 1. The number of hydrogen-bond donors (Lipinski definition) is 3. The third-order valence-corrected chi connectivity index (χ3v) is 3.50. The number of para-hydroxylation sites is 2. The van der Waals surface area contributed by atoms with Gasteiger partial charge in [-0.05, 0) is 31.5 Å². The first-order valence-electron chi connectivity index (χ1n) is 6.77. The minimum Gasteiger partial charge on any atom is -0.348 e. The molecule has 1 aliphatic rings. The molecule has 2 heterocycles. The van der Waals surface area contributed by atoms with Crippen molar-refractivity contribution in [3.63, 3.8) is 0 Å². The number of carbonyl (C=O) groups is 1. The molecule has 1 aliphatic heterocycles. The topological polar surface area (TPSA) is 69.8 Å². The van der Waals surface area contributed by atoms with Crippen LogP contribution in [0.15, 0.2) is 24.3 Å². The van der Waals surface area contributed by atoms with Crippen LogP contribution < -0.4 is 10.6 Å². The van der Waals surface area contributed by atoms with Crippen LogP contribution >= 0.6 is 24.8 Å². The highest BCUT2D eigenvalue weighted by atomic mass is 35.5. The minimum absolute atomic E-state index is 0. The molecule has 1 aromatic carbocycles. The molecule has 3 N–H and O–H groups in total. The SMILES string of the molecule is Cl.Cl.O=C(NCc1nc2ccccc2[nH]1)[C@H]1CCCCN1. The standard InChI is InChI=1S/C14H18N4O.2ClH/c19-14(12-7-3-4-8-15-12)16-9-13-17-10-5-1-2-6-11(10)18-13;;/h1-2,5-6,12,15H,3-4,7-9H2,(H,16,19)(H,17,18);2*1H/t12-;;/m1../s1. The molecule has 1 aromatic heterocycles. The van der Waals surface area contributed by atoms with Crippen molar-refractivity contribution in [1.29, 1.82) is 0 Å². The Morgan fingerprint density at radius 3 is 2.81 bits per heavy atom. The predicted octanol–water partition coefficient (Wildman–Crippen LogP) is 2.16. The molecule has 0 aliphatic carbocycles. The Kier molecular flexibility index (Phi) is 6.95. The zero-order chi connectivity index (χ0) is 13.1. The second-order valence-corrected chi connectivity index (χ2v) is 4.92. The van der Waals surface area contributed by atoms with Crippen LogP contribution in [-0.2, 0) is 11.3 Å². The first-order chi connectivity index (χ1) is 9.33. The first kappa shape index (κ1) is 17.8. The summed E-state index contributed by atoms with van der Waals surface area (Å²) >= 11 is 0. The number of carbonyl (C=O) groups excluding carboxylic acids is 1. The van der Waals surface area contributed by atoms with Gasteiger partial charge in [0.05, 0.1) is 23.6 Å². The molecule has 1 fully saturated rings. The van der Waals surface area contributed by atoms with E-state index in [0.29, 0.717) is 6.54 Å². The van der Waals surface area contributed by atoms with Crippen molar-refractivity contribution in [2.45, 2.75) is 31.8 Å². The molecular weight excluding hydrogens is 311 g/mol. The molecule has 0 bridgehead atoms. The maximum atomic E-state index is 12.0. The van der Waals surface area contributed by atoms with Crippen LogP contribution in [0.2, 0.25) is 0 Å². The average Bonchev–Trinajstić information content (AvgIpc) is 2.88. The Morgan fingerprint density at radius 1 is 1.29 bits per heavy atom. The number of halogens is 2. The van der Waals surface area contributed by atoms with Gasteiger partial charge in [-0.3, -0.25) is 4.79 Å². The molecule has 1 atom stereocenters. The van der Waals surface area contributed by atoms with Crippen molar-refractivity contribution in [3.05, 3.63) is 30.1 Å². The molecule has 0 unspecified atom stereocenters. The quantitative estimate of drug-likeness (QED) is 0.807. The van der Waals surface area contributed by atoms with Gasteiger partial charge in [-0.1, -0.05) is 18.6 Å². The van der Waals surface area contributed by atoms with Gasteiger partial charge in [0.25, 0.3) is 0 Å². The lowest BCUT2D eigenvalue weighted by atomic mass is 10.0. The molecule has 7 heteroatoms. The highest BCUT2D eigenvalue weighted by Gasteiger charge is 2.20. The number of amides is 1. The van der Waals surface area contributed by atoms with Crippen molar-refractivity contribution < 1.29 is 4.79 Å². The highest BCUT2D eigenvalue weighted by Crippen LogP contribution is 2.10. The number of H-pyrrole nitrogens is 1. The minimum atomic E-state index is -0.0434. The monoisotopic (exact) mass is 330 g/mol. The molecule has 3 rings (SSSR count). The van der Waals surface area contributed by atoms with E-state index in [1.165, 1.54) is 0 Å². The van der Waals surface area contributed by atoms with Gasteiger partial charge in [-0.25, -0.2) is 4.98 Å². The number of hydrogen-bond acceptors (Lipinski definition) is 3. The van der Waals surface area contributed by atoms with Crippen molar-refractivity contribution in [1.82, 2.24) is 20.6 Å². The number of benzene rings is 1. The summed E-state index contributed by atoms with van der Waals surface area (Å²) in [5.74, 6) is 0.866. The smallest absolute Gasteiger partial charge is 0.237 e. The number of nitrogens with zero attached hydrogens (tertiary/aromatic N) is 1. The summed E-state index contributed by atoms with van der Waals surface area (Å²) < 4.78 is 0. The normalized spacial score (nSPS) is 17.6. The lowest BCUT2D eigenvalue weighted by Gasteiger charge is -2.22. The second kappa shape index (κ2) is 8.22. The van der Waals surface area contributed by atoms with Crippen molar-refractivity contribution >= 4 is 41.8 Å². The van der Waals surface area contributed by atoms with E-state index < -0.39 is 0 Å². The van der Waals surface area contributed by atoms with Crippen molar-refractivity contribution in [2.75, 3.05) is 6.54 Å². The van der Waals surface area contributed by atoms with Crippen molar-refractivity contribution in [2.24, 2.45) is 0 Å². The Hall–Kier alpha value is -1.30. The maximum absolute atomic E-state index is 12.0. The van der Waals surface area contributed by atoms with E-state index >= 15 is 0 Å². The van der Waals surface area contributed by atoms with Gasteiger partial charge in [0.15, 0.2) is 0 Å². The van der Waals surface area contributed by atoms with Crippen LogP contribution in [0.5, 0.6) is 0 Å². The van der Waals surface area contributed by atoms with Crippen LogP contribution in [0.4, 0.5) is 0 Å². The molecule has 1 saturated heterocycles. The number of piperidine rings is 1. The fraction of sp³-hybridized carbons (Fsp3) is 0.429. The third-order valence-electron chi connectivity index (χ3n) is 3.50. The number of rotatable bonds is 3. The average molecular weight is 331 g/mol. The molecule has 0 spiro atoms. The van der Waals surface area contributed by atoms with E-state index in [1.54, 1.807) is 0 Å². The number of imidazole rings is 1. The van der Waals surface area contributed by atoms with E-state index in [0.717, 1.165) is 42.7 Å². The number of nitrogens with one attached hydrogen (secondary N) is 3. The maximum Gasteiger partial charge on any atom is 0.237 e. The summed E-state index contributed by atoms with van der Waals surface area (Å²) in [4.78, 5) is 19.6. The van der Waals surface area contributed by atoms with E-state index in [-0.39, 0.29) is 36.8 Å². The zero-order valence-corrected chi connectivity index (χ0v) is 13.2. The summed E-state index contributed by atoms with van der Waals surface area (Å²) in [5.41, 5.74) is 1.94. The fourth-order valence-electron chi connectivity index (χ4n) is 2.46. The van der Waals surface area contributed by atoms with Crippen molar-refractivity contribution in [3.8, 4) is 0 Å². The third kappa shape index (κ3) is 4.33. The first-order valence-corrected chi connectivity index (χ1v) is 6.77. The second-order valence-electron chi connectivity index (χ2n) is 4.92. The Morgan fingerprint density at radius 2 is 2.10 bits per heavy atom. The summed E-state index contributed by atoms with van der Waals surface area (Å²) in [5, 5.41) is 6.17. The molecule has 0 radical (unpaired) electrons. The van der Waals surface area contributed by atoms with Crippen LogP contribution in [0, 0.1) is 0 Å². The Labute approximate surface area is 136 Å². The van der Waals surface area contributed by atoms with E-state index in [9.17, 15) is 4.79 Å². The summed E-state index contributed by atoms with van der Waals surface area (Å²) in [6.07, 6.45) is 3.20. The van der Waals surface area contributed by atoms with Gasteiger partial charge in [0, 0.05) is 0 Å². The van der Waals surface area contributed by atoms with E-state index in [1.807, 2.05) is 24.3 Å². The van der Waals surface area contributed by atoms with E-state index in [2.05, 4.69) is 20.6 Å². The predicted molar refractivity (Wildman–Crippen MR) is 88.1 cm³/mol.